The second-order valence-electron chi connectivity index (χ2n) is 8.87. The number of nitrogens with two attached hydrogens (primary N) is 1. The molecule has 4 aromatic rings. The summed E-state index contributed by atoms with van der Waals surface area (Å²) in [5.74, 6) is -0.182. The molecule has 3 aromatic carbocycles. The highest BCUT2D eigenvalue weighted by atomic mass is 35.5. The topological polar surface area (TPSA) is 97.6 Å². The van der Waals surface area contributed by atoms with E-state index in [9.17, 15) is 22.8 Å². The number of nitrogens with one attached hydrogen (secondary N) is 1. The molecule has 0 aliphatic carbocycles. The van der Waals surface area contributed by atoms with Crippen LogP contribution in [-0.2, 0) is 17.6 Å². The van der Waals surface area contributed by atoms with E-state index in [2.05, 4.69) is 10.3 Å². The number of hydrogen-bond donors (Lipinski definition) is 2. The molecule has 3 N–H and O–H groups in total. The van der Waals surface area contributed by atoms with Crippen LogP contribution in [0.2, 0.25) is 10.0 Å². The van der Waals surface area contributed by atoms with Crippen molar-refractivity contribution in [3.8, 4) is 5.75 Å². The number of likely N-dealkylation sites (N-methyl/N-ethyl adjacent to an activating group) is 1. The zero-order valence-electron chi connectivity index (χ0n) is 21.2. The maximum absolute atomic E-state index is 13.5. The third-order valence-electron chi connectivity index (χ3n) is 6.20. The Bertz CT molecular complexity index is 1580. The summed E-state index contributed by atoms with van der Waals surface area (Å²) in [5.41, 5.74) is 6.54. The van der Waals surface area contributed by atoms with Gasteiger partial charge in [-0.05, 0) is 48.9 Å². The summed E-state index contributed by atoms with van der Waals surface area (Å²) in [6.07, 6.45) is -4.57. The molecule has 4 rings (SSSR count). The Morgan fingerprint density at radius 1 is 1.07 bits per heavy atom. The predicted octanol–water partition coefficient (Wildman–Crippen LogP) is 6.82. The van der Waals surface area contributed by atoms with Crippen LogP contribution in [0.5, 0.6) is 5.75 Å². The minimum absolute atomic E-state index is 0.0454. The molecule has 1 aromatic heterocycles. The van der Waals surface area contributed by atoms with E-state index in [1.165, 1.54) is 19.2 Å². The number of carbonyl (C=O) groups excluding carboxylic acids is 2. The van der Waals surface area contributed by atoms with E-state index in [1.54, 1.807) is 6.92 Å². The van der Waals surface area contributed by atoms with Gasteiger partial charge in [0.2, 0.25) is 0 Å². The van der Waals surface area contributed by atoms with Crippen LogP contribution in [0.1, 0.15) is 28.4 Å². The van der Waals surface area contributed by atoms with Gasteiger partial charge in [0, 0.05) is 23.0 Å². The number of para-hydroxylation sites is 1. The van der Waals surface area contributed by atoms with Gasteiger partial charge in [0.25, 0.3) is 5.91 Å². The van der Waals surface area contributed by atoms with E-state index in [4.69, 9.17) is 33.7 Å². The Labute approximate surface area is 237 Å². The number of amides is 3. The van der Waals surface area contributed by atoms with Gasteiger partial charge in [-0.1, -0.05) is 53.5 Å². The van der Waals surface area contributed by atoms with Gasteiger partial charge in [0.1, 0.15) is 18.4 Å². The molecule has 0 aliphatic heterocycles. The number of ether oxygens (including phenoxy) is 1. The molecule has 7 nitrogen and oxygen atoms in total. The fraction of sp³-hybridized carbons (Fsp3) is 0.179. The van der Waals surface area contributed by atoms with Gasteiger partial charge in [-0.2, -0.15) is 13.2 Å². The van der Waals surface area contributed by atoms with Crippen molar-refractivity contribution < 1.29 is 27.5 Å². The third kappa shape index (κ3) is 6.24. The molecule has 208 valence electrons. The van der Waals surface area contributed by atoms with E-state index < -0.39 is 29.7 Å². The molecule has 40 heavy (non-hydrogen) atoms. The van der Waals surface area contributed by atoms with Crippen molar-refractivity contribution in [1.29, 1.82) is 0 Å². The lowest BCUT2D eigenvalue weighted by molar-refractivity contribution is -0.137. The molecule has 0 saturated carbocycles. The Hall–Kier alpha value is -4.02. The lowest BCUT2D eigenvalue weighted by Crippen LogP contribution is -2.43. The summed E-state index contributed by atoms with van der Waals surface area (Å²) in [5, 5.41) is 3.57. The Balaban J connectivity index is 1.61. The monoisotopic (exact) mass is 590 g/mol. The van der Waals surface area contributed by atoms with Crippen LogP contribution in [0.15, 0.2) is 66.7 Å². The van der Waals surface area contributed by atoms with Gasteiger partial charge in [0.15, 0.2) is 0 Å². The Morgan fingerprint density at radius 3 is 2.40 bits per heavy atom. The fourth-order valence-electron chi connectivity index (χ4n) is 4.07. The summed E-state index contributed by atoms with van der Waals surface area (Å²) >= 11 is 13.1. The van der Waals surface area contributed by atoms with Crippen LogP contribution in [0.4, 0.5) is 23.7 Å². The normalized spacial score (nSPS) is 12.2. The molecule has 3 amide bonds. The number of pyridine rings is 1. The number of anilines is 1. The summed E-state index contributed by atoms with van der Waals surface area (Å²) in [4.78, 5) is 30.8. The molecule has 1 heterocycles. The zero-order chi connectivity index (χ0) is 29.2. The quantitative estimate of drug-likeness (QED) is 0.247. The fourth-order valence-corrected chi connectivity index (χ4v) is 4.68. The molecule has 1 unspecified atom stereocenters. The van der Waals surface area contributed by atoms with Crippen molar-refractivity contribution in [2.45, 2.75) is 25.7 Å². The molecule has 0 spiro atoms. The van der Waals surface area contributed by atoms with E-state index in [0.717, 1.165) is 40.1 Å². The number of alkyl halides is 3. The Morgan fingerprint density at radius 2 is 1.75 bits per heavy atom. The number of aryl methyl sites for hydroxylation is 1. The molecule has 0 saturated heterocycles. The molecular formula is C28H23Cl2F3N4O3. The van der Waals surface area contributed by atoms with E-state index in [1.807, 2.05) is 30.3 Å². The van der Waals surface area contributed by atoms with E-state index in [-0.39, 0.29) is 27.9 Å². The van der Waals surface area contributed by atoms with Crippen molar-refractivity contribution in [2.75, 3.05) is 11.9 Å². The number of urea groups is 1. The zero-order valence-corrected chi connectivity index (χ0v) is 22.7. The second-order valence-corrected chi connectivity index (χ2v) is 9.66. The number of halogens is 5. The number of nitrogens with zero attached hydrogens (tertiary/aromatic N) is 2. The highest BCUT2D eigenvalue weighted by Crippen LogP contribution is 2.36. The smallest absolute Gasteiger partial charge is 0.416 e. The van der Waals surface area contributed by atoms with E-state index >= 15 is 0 Å². The first-order valence-corrected chi connectivity index (χ1v) is 12.6. The maximum atomic E-state index is 13.5. The predicted molar refractivity (Wildman–Crippen MR) is 148 cm³/mol. The van der Waals surface area contributed by atoms with E-state index in [0.29, 0.717) is 17.0 Å². The molecule has 0 fully saturated rings. The number of hydrogen-bond acceptors (Lipinski definition) is 4. The summed E-state index contributed by atoms with van der Waals surface area (Å²) in [6.45, 7) is 1.76. The van der Waals surface area contributed by atoms with Gasteiger partial charge in [-0.15, -0.1) is 0 Å². The van der Waals surface area contributed by atoms with Crippen LogP contribution in [0.3, 0.4) is 0 Å². The van der Waals surface area contributed by atoms with Gasteiger partial charge in [-0.25, -0.2) is 9.78 Å². The second kappa shape index (κ2) is 11.6. The summed E-state index contributed by atoms with van der Waals surface area (Å²) < 4.78 is 45.0. The van der Waals surface area contributed by atoms with Crippen LogP contribution < -0.4 is 20.7 Å². The first-order chi connectivity index (χ1) is 18.9. The third-order valence-corrected chi connectivity index (χ3v) is 6.98. The number of rotatable bonds is 7. The van der Waals surface area contributed by atoms with Crippen LogP contribution >= 0.6 is 23.2 Å². The first-order valence-electron chi connectivity index (χ1n) is 11.8. The lowest BCUT2D eigenvalue weighted by atomic mass is 10.0. The number of aromatic nitrogens is 1. The van der Waals surface area contributed by atoms with Crippen LogP contribution in [-0.4, -0.2) is 24.0 Å². The molecular weight excluding hydrogens is 568 g/mol. The number of fused-ring (bicyclic) bond motifs is 1. The highest BCUT2D eigenvalue weighted by Gasteiger charge is 2.32. The number of carbonyl (C=O) groups is 2. The molecule has 0 radical (unpaired) electrons. The van der Waals surface area contributed by atoms with Crippen LogP contribution in [0.25, 0.3) is 10.9 Å². The highest BCUT2D eigenvalue weighted by molar-refractivity contribution is 6.38. The number of primary amides is 1. The standard InChI is InChI=1S/C28H23Cl2F3N4O3/c1-15-23(13-17-5-3-4-6-21(17)35-15)40-14-19-20(29)11-12-22(24(19)30)37(2)26(38)25(36-27(34)39)16-7-9-18(10-8-16)28(31,32)33/h3-13,25H,14H2,1-2H3,(H3,34,36,39). The van der Waals surface area contributed by atoms with Gasteiger partial charge < -0.3 is 20.7 Å². The van der Waals surface area contributed by atoms with Crippen molar-refractivity contribution in [3.05, 3.63) is 99.2 Å². The largest absolute Gasteiger partial charge is 0.487 e. The minimum atomic E-state index is -4.57. The molecule has 12 heteroatoms. The van der Waals surface area contributed by atoms with Crippen LogP contribution in [0, 0.1) is 6.92 Å². The average molecular weight is 591 g/mol. The van der Waals surface area contributed by atoms with Crippen molar-refractivity contribution in [2.24, 2.45) is 5.73 Å². The molecule has 0 aliphatic rings. The average Bonchev–Trinajstić information content (AvgIpc) is 2.90. The maximum Gasteiger partial charge on any atom is 0.416 e. The number of benzene rings is 3. The van der Waals surface area contributed by atoms with Crippen molar-refractivity contribution in [1.82, 2.24) is 10.3 Å². The van der Waals surface area contributed by atoms with Gasteiger partial charge in [0.05, 0.1) is 27.5 Å². The van der Waals surface area contributed by atoms with Crippen molar-refractivity contribution >= 4 is 51.7 Å². The summed E-state index contributed by atoms with van der Waals surface area (Å²) in [6, 6.07) is 13.8. The first kappa shape index (κ1) is 29.0. The van der Waals surface area contributed by atoms with Gasteiger partial charge in [-0.3, -0.25) is 4.79 Å². The Kier molecular flexibility index (Phi) is 8.41. The molecule has 0 bridgehead atoms. The van der Waals surface area contributed by atoms with Crippen molar-refractivity contribution in [3.63, 3.8) is 0 Å². The lowest BCUT2D eigenvalue weighted by Gasteiger charge is -2.26. The minimum Gasteiger partial charge on any atom is -0.487 e. The van der Waals surface area contributed by atoms with Gasteiger partial charge >= 0.3 is 12.2 Å². The SMILES string of the molecule is Cc1nc2ccccc2cc1OCc1c(Cl)ccc(N(C)C(=O)C(NC(N)=O)c2ccc(C(F)(F)F)cc2)c1Cl. The summed E-state index contributed by atoms with van der Waals surface area (Å²) in [7, 11) is 1.40. The molecule has 1 atom stereocenters.